The first-order valence-corrected chi connectivity index (χ1v) is 9.06. The fourth-order valence-corrected chi connectivity index (χ4v) is 3.98. The quantitative estimate of drug-likeness (QED) is 0.564. The third-order valence-corrected chi connectivity index (χ3v) is 5.22. The van der Waals surface area contributed by atoms with Crippen LogP contribution in [0.15, 0.2) is 59.4 Å². The topological polar surface area (TPSA) is 71.2 Å². The molecule has 0 saturated heterocycles. The second-order valence-electron chi connectivity index (χ2n) is 5.74. The number of rotatable bonds is 4. The number of fused-ring (bicyclic) bond motifs is 3. The van der Waals surface area contributed by atoms with Crippen molar-refractivity contribution in [2.24, 2.45) is 0 Å². The number of carbonyl (C=O) groups excluding carboxylic acids is 1. The Morgan fingerprint density at radius 3 is 2.73 bits per heavy atom. The van der Waals surface area contributed by atoms with Crippen LogP contribution in [-0.4, -0.2) is 17.5 Å². The Morgan fingerprint density at radius 1 is 1.12 bits per heavy atom. The van der Waals surface area contributed by atoms with Gasteiger partial charge in [0.2, 0.25) is 0 Å². The maximum Gasteiger partial charge on any atom is 0.265 e. The number of amides is 1. The fraction of sp³-hybridized carbons (Fsp3) is 0.100. The van der Waals surface area contributed by atoms with E-state index in [2.05, 4.69) is 10.3 Å². The molecule has 2 heterocycles. The van der Waals surface area contributed by atoms with Crippen LogP contribution in [0, 0.1) is 0 Å². The first-order chi connectivity index (χ1) is 12.7. The molecule has 26 heavy (non-hydrogen) atoms. The minimum atomic E-state index is -0.262. The lowest BCUT2D eigenvalue weighted by Crippen LogP contribution is -2.11. The van der Waals surface area contributed by atoms with Crippen molar-refractivity contribution in [3.63, 3.8) is 0 Å². The minimum absolute atomic E-state index is 0.191. The highest BCUT2D eigenvalue weighted by molar-refractivity contribution is 7.21. The van der Waals surface area contributed by atoms with Crippen LogP contribution in [0.1, 0.15) is 16.6 Å². The third-order valence-electron chi connectivity index (χ3n) is 4.06. The van der Waals surface area contributed by atoms with E-state index in [1.165, 1.54) is 11.3 Å². The zero-order valence-electron chi connectivity index (χ0n) is 14.0. The van der Waals surface area contributed by atoms with Gasteiger partial charge in [-0.15, -0.1) is 11.3 Å². The number of anilines is 1. The Morgan fingerprint density at radius 2 is 1.88 bits per heavy atom. The van der Waals surface area contributed by atoms with Crippen molar-refractivity contribution < 1.29 is 9.53 Å². The molecule has 4 aromatic rings. The van der Waals surface area contributed by atoms with Crippen molar-refractivity contribution in [2.75, 3.05) is 11.9 Å². The second-order valence-corrected chi connectivity index (χ2v) is 6.79. The van der Waals surface area contributed by atoms with Gasteiger partial charge in [0.1, 0.15) is 5.75 Å². The van der Waals surface area contributed by atoms with Gasteiger partial charge in [-0.2, -0.15) is 0 Å². The molecule has 0 aliphatic carbocycles. The zero-order chi connectivity index (χ0) is 18.1. The van der Waals surface area contributed by atoms with Gasteiger partial charge in [-0.05, 0) is 31.2 Å². The highest BCUT2D eigenvalue weighted by Crippen LogP contribution is 2.31. The predicted molar refractivity (Wildman–Crippen MR) is 106 cm³/mol. The van der Waals surface area contributed by atoms with Crippen molar-refractivity contribution in [1.82, 2.24) is 4.98 Å². The number of hydrogen-bond donors (Lipinski definition) is 2. The number of carbonyl (C=O) groups is 1. The largest absolute Gasteiger partial charge is 0.492 e. The first kappa shape index (κ1) is 16.4. The maximum atomic E-state index is 12.7. The highest BCUT2D eigenvalue weighted by Gasteiger charge is 2.16. The van der Waals surface area contributed by atoms with E-state index in [0.29, 0.717) is 28.3 Å². The Labute approximate surface area is 153 Å². The van der Waals surface area contributed by atoms with E-state index in [4.69, 9.17) is 4.74 Å². The van der Waals surface area contributed by atoms with Crippen molar-refractivity contribution in [3.8, 4) is 5.75 Å². The molecule has 2 aromatic heterocycles. The van der Waals surface area contributed by atoms with Gasteiger partial charge in [-0.3, -0.25) is 9.59 Å². The summed E-state index contributed by atoms with van der Waals surface area (Å²) < 4.78 is 6.36. The molecule has 0 unspecified atom stereocenters. The lowest BCUT2D eigenvalue weighted by molar-refractivity contribution is 0.103. The molecule has 2 aromatic carbocycles. The normalized spacial score (nSPS) is 11.0. The number of thiophene rings is 1. The summed E-state index contributed by atoms with van der Waals surface area (Å²) in [5, 5.41) is 4.33. The first-order valence-electron chi connectivity index (χ1n) is 8.25. The Kier molecular flexibility index (Phi) is 4.18. The number of hydrogen-bond acceptors (Lipinski definition) is 4. The number of pyridine rings is 1. The predicted octanol–water partition coefficient (Wildman–Crippen LogP) is 4.39. The molecule has 4 rings (SSSR count). The number of benzene rings is 2. The van der Waals surface area contributed by atoms with E-state index >= 15 is 0 Å². The molecule has 0 saturated carbocycles. The summed E-state index contributed by atoms with van der Waals surface area (Å²) in [7, 11) is 0. The van der Waals surface area contributed by atoms with Crippen molar-refractivity contribution in [1.29, 1.82) is 0 Å². The van der Waals surface area contributed by atoms with Gasteiger partial charge >= 0.3 is 0 Å². The minimum Gasteiger partial charge on any atom is -0.492 e. The molecule has 0 bridgehead atoms. The molecule has 6 heteroatoms. The Balaban J connectivity index is 1.75. The van der Waals surface area contributed by atoms with Gasteiger partial charge in [0.05, 0.1) is 22.6 Å². The summed E-state index contributed by atoms with van der Waals surface area (Å²) in [6, 6.07) is 16.5. The van der Waals surface area contributed by atoms with Crippen LogP contribution in [-0.2, 0) is 0 Å². The summed E-state index contributed by atoms with van der Waals surface area (Å²) in [4.78, 5) is 28.4. The molecule has 1 amide bonds. The third kappa shape index (κ3) is 2.84. The average Bonchev–Trinajstić information content (AvgIpc) is 3.10. The van der Waals surface area contributed by atoms with E-state index in [1.807, 2.05) is 49.4 Å². The lowest BCUT2D eigenvalue weighted by atomic mass is 10.2. The lowest BCUT2D eigenvalue weighted by Gasteiger charge is -2.10. The van der Waals surface area contributed by atoms with Crippen LogP contribution in [0.4, 0.5) is 5.69 Å². The van der Waals surface area contributed by atoms with Gasteiger partial charge in [-0.1, -0.05) is 30.3 Å². The number of ether oxygens (including phenoxy) is 1. The van der Waals surface area contributed by atoms with Crippen LogP contribution in [0.3, 0.4) is 0 Å². The van der Waals surface area contributed by atoms with Gasteiger partial charge in [0.15, 0.2) is 0 Å². The number of aromatic nitrogens is 1. The zero-order valence-corrected chi connectivity index (χ0v) is 14.9. The van der Waals surface area contributed by atoms with Gasteiger partial charge in [0.25, 0.3) is 11.5 Å². The van der Waals surface area contributed by atoms with Gasteiger partial charge < -0.3 is 15.0 Å². The number of nitrogens with one attached hydrogen (secondary N) is 2. The van der Waals surface area contributed by atoms with E-state index in [-0.39, 0.29) is 11.5 Å². The monoisotopic (exact) mass is 364 g/mol. The molecular formula is C20H16N2O3S. The van der Waals surface area contributed by atoms with E-state index in [1.54, 1.807) is 12.1 Å². The van der Waals surface area contributed by atoms with E-state index in [9.17, 15) is 9.59 Å². The van der Waals surface area contributed by atoms with Gasteiger partial charge in [0, 0.05) is 15.6 Å². The van der Waals surface area contributed by atoms with Crippen LogP contribution in [0.25, 0.3) is 21.0 Å². The molecule has 130 valence electrons. The standard InChI is InChI=1S/C20H16N2O3S/c1-2-25-16-10-6-5-9-15(16)22-20(24)17-11-13-18(26-17)12-7-3-4-8-14(12)21-19(13)23/h3-11H,2H2,1H3,(H,21,23)(H,22,24). The maximum absolute atomic E-state index is 12.7. The smallest absolute Gasteiger partial charge is 0.265 e. The summed E-state index contributed by atoms with van der Waals surface area (Å²) in [5.41, 5.74) is 1.18. The van der Waals surface area contributed by atoms with E-state index < -0.39 is 0 Å². The van der Waals surface area contributed by atoms with Gasteiger partial charge in [-0.25, -0.2) is 0 Å². The van der Waals surface area contributed by atoms with Crippen molar-refractivity contribution in [3.05, 3.63) is 69.8 Å². The number of para-hydroxylation sites is 3. The number of H-pyrrole nitrogens is 1. The Bertz CT molecular complexity index is 1180. The summed E-state index contributed by atoms with van der Waals surface area (Å²) in [6.45, 7) is 2.40. The molecule has 0 fully saturated rings. The molecule has 0 spiro atoms. The van der Waals surface area contributed by atoms with Crippen LogP contribution < -0.4 is 15.6 Å². The summed E-state index contributed by atoms with van der Waals surface area (Å²) in [6.07, 6.45) is 0. The van der Waals surface area contributed by atoms with E-state index in [0.717, 1.165) is 15.6 Å². The Hall–Kier alpha value is -3.12. The van der Waals surface area contributed by atoms with Crippen molar-refractivity contribution >= 4 is 43.9 Å². The molecule has 0 radical (unpaired) electrons. The SMILES string of the molecule is CCOc1ccccc1NC(=O)c1cc2c(=O)[nH]c3ccccc3c2s1. The van der Waals surface area contributed by atoms with Crippen molar-refractivity contribution in [2.45, 2.75) is 6.92 Å². The summed E-state index contributed by atoms with van der Waals surface area (Å²) >= 11 is 1.31. The second kappa shape index (κ2) is 6.65. The van der Waals surface area contributed by atoms with Crippen LogP contribution in [0.5, 0.6) is 5.75 Å². The molecule has 5 nitrogen and oxygen atoms in total. The molecule has 0 atom stereocenters. The summed E-state index contributed by atoms with van der Waals surface area (Å²) in [5.74, 6) is 0.356. The molecule has 0 aliphatic heterocycles. The number of aromatic amines is 1. The molecular weight excluding hydrogens is 348 g/mol. The van der Waals surface area contributed by atoms with Crippen LogP contribution >= 0.6 is 11.3 Å². The van der Waals surface area contributed by atoms with Crippen LogP contribution in [0.2, 0.25) is 0 Å². The highest BCUT2D eigenvalue weighted by atomic mass is 32.1. The molecule has 2 N–H and O–H groups in total. The molecule has 0 aliphatic rings. The average molecular weight is 364 g/mol. The fourth-order valence-electron chi connectivity index (χ4n) is 2.89.